The highest BCUT2D eigenvalue weighted by Gasteiger charge is 2.33. The summed E-state index contributed by atoms with van der Waals surface area (Å²) >= 11 is 1.30. The molecular weight excluding hydrogens is 467 g/mol. The molecule has 3 unspecified atom stereocenters. The van der Waals surface area contributed by atoms with Crippen molar-refractivity contribution in [2.24, 2.45) is 11.7 Å². The van der Waals surface area contributed by atoms with Gasteiger partial charge in [-0.15, -0.1) is 11.3 Å². The third-order valence-corrected chi connectivity index (χ3v) is 8.18. The summed E-state index contributed by atoms with van der Waals surface area (Å²) in [6.45, 7) is 5.79. The smallest absolute Gasteiger partial charge is 0.263 e. The van der Waals surface area contributed by atoms with Crippen LogP contribution in [0.15, 0.2) is 12.1 Å². The number of rotatable bonds is 5. The van der Waals surface area contributed by atoms with Crippen molar-refractivity contribution < 1.29 is 13.9 Å². The summed E-state index contributed by atoms with van der Waals surface area (Å²) in [5.74, 6) is 0.291. The molecule has 3 aromatic heterocycles. The topological polar surface area (TPSA) is 119 Å². The number of carbonyl (C=O) groups excluding carboxylic acids is 1. The van der Waals surface area contributed by atoms with E-state index in [0.717, 1.165) is 27.2 Å². The number of nitrogens with one attached hydrogen (secondary N) is 1. The number of aromatic nitrogens is 2. The van der Waals surface area contributed by atoms with Crippen molar-refractivity contribution in [3.05, 3.63) is 45.3 Å². The van der Waals surface area contributed by atoms with E-state index in [1.54, 1.807) is 7.11 Å². The average molecular weight is 499 g/mol. The number of halogens is 1. The molecule has 5 N–H and O–H groups in total. The van der Waals surface area contributed by atoms with Crippen molar-refractivity contribution in [1.82, 2.24) is 15.3 Å². The number of thiophene rings is 1. The molecular formula is C25H31FN6O2S. The van der Waals surface area contributed by atoms with Crippen molar-refractivity contribution in [3.8, 4) is 0 Å². The summed E-state index contributed by atoms with van der Waals surface area (Å²) in [6, 6.07) is 3.23. The van der Waals surface area contributed by atoms with Crippen LogP contribution in [-0.4, -0.2) is 54.8 Å². The zero-order valence-electron chi connectivity index (χ0n) is 20.2. The maximum absolute atomic E-state index is 15.2. The first-order chi connectivity index (χ1) is 16.7. The maximum Gasteiger partial charge on any atom is 0.263 e. The monoisotopic (exact) mass is 498 g/mol. The van der Waals surface area contributed by atoms with Gasteiger partial charge in [0.2, 0.25) is 0 Å². The number of methoxy groups -OCH3 is 1. The highest BCUT2D eigenvalue weighted by Crippen LogP contribution is 2.35. The summed E-state index contributed by atoms with van der Waals surface area (Å²) in [5.41, 5.74) is 16.2. The molecule has 5 rings (SSSR count). The van der Waals surface area contributed by atoms with Crippen molar-refractivity contribution in [2.75, 3.05) is 37.4 Å². The van der Waals surface area contributed by atoms with Crippen LogP contribution in [0.4, 0.5) is 15.9 Å². The van der Waals surface area contributed by atoms with E-state index in [9.17, 15) is 4.79 Å². The van der Waals surface area contributed by atoms with Crippen LogP contribution in [0.1, 0.15) is 38.6 Å². The molecule has 1 amide bonds. The van der Waals surface area contributed by atoms with Crippen LogP contribution in [0.2, 0.25) is 0 Å². The minimum absolute atomic E-state index is 0.0281. The fourth-order valence-corrected chi connectivity index (χ4v) is 6.43. The van der Waals surface area contributed by atoms with Gasteiger partial charge in [-0.25, -0.2) is 14.4 Å². The number of hydrogen-bond acceptors (Lipinski definition) is 8. The van der Waals surface area contributed by atoms with Gasteiger partial charge < -0.3 is 26.4 Å². The minimum atomic E-state index is -0.288. The molecule has 0 aromatic carbocycles. The number of ether oxygens (including phenoxy) is 1. The standard InChI is InChI=1S/C25H31FN6O2S/c1-12-6-13(2)29-25-21(12)22(28)23(35-25)24(33)30-15-4-5-19-16(7-15)17(26)8-20(31-19)32-9-14(11-34-3)18(27)10-32/h6,8,14-15,18H,4-5,7,9-11,27-28H2,1-3H3,(H,30,33). The second-order valence-corrected chi connectivity index (χ2v) is 10.7. The maximum atomic E-state index is 15.2. The SMILES string of the molecule is COCC1CN(c2cc(F)c3c(n2)CCC(NC(=O)c2sc4nc(C)cc(C)c4c2N)C3)CC1N. The van der Waals surface area contributed by atoms with Crippen LogP contribution < -0.4 is 21.7 Å². The van der Waals surface area contributed by atoms with Crippen molar-refractivity contribution >= 4 is 39.0 Å². The number of nitrogen functional groups attached to an aromatic ring is 1. The summed E-state index contributed by atoms with van der Waals surface area (Å²) in [5, 5.41) is 3.89. The number of nitrogens with two attached hydrogens (primary N) is 2. The predicted molar refractivity (Wildman–Crippen MR) is 137 cm³/mol. The van der Waals surface area contributed by atoms with Crippen LogP contribution in [0.25, 0.3) is 10.2 Å². The Hall–Kier alpha value is -2.82. The average Bonchev–Trinajstić information content (AvgIpc) is 3.34. The van der Waals surface area contributed by atoms with E-state index in [2.05, 4.69) is 10.3 Å². The van der Waals surface area contributed by atoms with E-state index in [4.69, 9.17) is 21.2 Å². The Morgan fingerprint density at radius 3 is 2.89 bits per heavy atom. The van der Waals surface area contributed by atoms with Gasteiger partial charge in [-0.2, -0.15) is 0 Å². The second kappa shape index (κ2) is 9.33. The van der Waals surface area contributed by atoms with E-state index < -0.39 is 0 Å². The number of anilines is 2. The molecule has 0 saturated carbocycles. The zero-order chi connectivity index (χ0) is 24.9. The first-order valence-corrected chi connectivity index (χ1v) is 12.7. The van der Waals surface area contributed by atoms with E-state index in [1.165, 1.54) is 17.4 Å². The zero-order valence-corrected chi connectivity index (χ0v) is 21.0. The molecule has 3 aromatic rings. The Kier molecular flexibility index (Phi) is 6.37. The van der Waals surface area contributed by atoms with Crippen molar-refractivity contribution in [3.63, 3.8) is 0 Å². The van der Waals surface area contributed by atoms with Gasteiger partial charge in [-0.1, -0.05) is 0 Å². The van der Waals surface area contributed by atoms with Gasteiger partial charge in [0.1, 0.15) is 21.3 Å². The quantitative estimate of drug-likeness (QED) is 0.495. The van der Waals surface area contributed by atoms with Crippen molar-refractivity contribution in [1.29, 1.82) is 0 Å². The molecule has 1 fully saturated rings. The summed E-state index contributed by atoms with van der Waals surface area (Å²) in [4.78, 5) is 25.6. The Morgan fingerprint density at radius 1 is 1.31 bits per heavy atom. The van der Waals surface area contributed by atoms with Gasteiger partial charge in [0.25, 0.3) is 5.91 Å². The Bertz CT molecular complexity index is 1290. The van der Waals surface area contributed by atoms with Gasteiger partial charge in [0.15, 0.2) is 0 Å². The number of aryl methyl sites for hydroxylation is 3. The molecule has 35 heavy (non-hydrogen) atoms. The van der Waals surface area contributed by atoms with Gasteiger partial charge in [-0.3, -0.25) is 4.79 Å². The normalized spacial score (nSPS) is 22.0. The molecule has 1 saturated heterocycles. The third kappa shape index (κ3) is 4.46. The predicted octanol–water partition coefficient (Wildman–Crippen LogP) is 2.73. The Labute approximate surface area is 207 Å². The largest absolute Gasteiger partial charge is 0.397 e. The van der Waals surface area contributed by atoms with Gasteiger partial charge in [0.05, 0.1) is 12.3 Å². The van der Waals surface area contributed by atoms with E-state index in [0.29, 0.717) is 60.9 Å². The number of amides is 1. The molecule has 2 aliphatic rings. The van der Waals surface area contributed by atoms with Crippen molar-refractivity contribution in [2.45, 2.75) is 45.2 Å². The summed E-state index contributed by atoms with van der Waals surface area (Å²) in [6.07, 6.45) is 1.67. The highest BCUT2D eigenvalue weighted by atomic mass is 32.1. The third-order valence-electron chi connectivity index (χ3n) is 7.08. The number of fused-ring (bicyclic) bond motifs is 2. The molecule has 186 valence electrons. The molecule has 8 nitrogen and oxygen atoms in total. The molecule has 10 heteroatoms. The lowest BCUT2D eigenvalue weighted by atomic mass is 9.91. The molecule has 3 atom stereocenters. The molecule has 4 heterocycles. The summed E-state index contributed by atoms with van der Waals surface area (Å²) in [7, 11) is 1.66. The lowest BCUT2D eigenvalue weighted by Crippen LogP contribution is -2.39. The summed E-state index contributed by atoms with van der Waals surface area (Å²) < 4.78 is 20.4. The number of pyridine rings is 2. The number of nitrogens with zero attached hydrogens (tertiary/aromatic N) is 3. The van der Waals surface area contributed by atoms with Gasteiger partial charge in [-0.05, 0) is 44.7 Å². The molecule has 0 spiro atoms. The van der Waals surface area contributed by atoms with Crippen LogP contribution in [0, 0.1) is 25.6 Å². The fourth-order valence-electron chi connectivity index (χ4n) is 5.31. The lowest BCUT2D eigenvalue weighted by Gasteiger charge is -2.27. The molecule has 1 aliphatic carbocycles. The van der Waals surface area contributed by atoms with Crippen LogP contribution in [0.5, 0.6) is 0 Å². The second-order valence-electron chi connectivity index (χ2n) is 9.69. The van der Waals surface area contributed by atoms with Crippen LogP contribution in [0.3, 0.4) is 0 Å². The lowest BCUT2D eigenvalue weighted by molar-refractivity contribution is 0.0938. The number of carbonyl (C=O) groups is 1. The molecule has 0 radical (unpaired) electrons. The van der Waals surface area contributed by atoms with Gasteiger partial charge in [0, 0.05) is 66.6 Å². The minimum Gasteiger partial charge on any atom is -0.397 e. The Balaban J connectivity index is 1.31. The highest BCUT2D eigenvalue weighted by molar-refractivity contribution is 7.21. The molecule has 1 aliphatic heterocycles. The van der Waals surface area contributed by atoms with E-state index >= 15 is 4.39 Å². The van der Waals surface area contributed by atoms with E-state index in [-0.39, 0.29) is 29.7 Å². The first-order valence-electron chi connectivity index (χ1n) is 11.9. The van der Waals surface area contributed by atoms with Crippen LogP contribution >= 0.6 is 11.3 Å². The van der Waals surface area contributed by atoms with Gasteiger partial charge >= 0.3 is 0 Å². The fraction of sp³-hybridized carbons (Fsp3) is 0.480. The first kappa shape index (κ1) is 23.9. The van der Waals surface area contributed by atoms with E-state index in [1.807, 2.05) is 24.8 Å². The Morgan fingerprint density at radius 2 is 2.11 bits per heavy atom. The molecule has 0 bridgehead atoms. The van der Waals surface area contributed by atoms with Crippen LogP contribution in [-0.2, 0) is 17.6 Å². The number of hydrogen-bond donors (Lipinski definition) is 3.